The maximum Gasteiger partial charge on any atom is 0.240 e. The standard InChI is InChI=1S/C11H16ClNO4S/c1-2-7-17-11-8-9(3-4-10(11)12)18(15,16)13-5-6-14/h3-4,8,13-14H,2,5-7H2,1H3. The Morgan fingerprint density at radius 3 is 2.78 bits per heavy atom. The Morgan fingerprint density at radius 1 is 1.44 bits per heavy atom. The summed E-state index contributed by atoms with van der Waals surface area (Å²) in [5.74, 6) is 0.338. The van der Waals surface area contributed by atoms with Gasteiger partial charge in [-0.05, 0) is 18.6 Å². The topological polar surface area (TPSA) is 75.6 Å². The van der Waals surface area contributed by atoms with Crippen LogP contribution in [0.25, 0.3) is 0 Å². The smallest absolute Gasteiger partial charge is 0.240 e. The summed E-state index contributed by atoms with van der Waals surface area (Å²) < 4.78 is 31.2. The first-order valence-electron chi connectivity index (χ1n) is 5.54. The van der Waals surface area contributed by atoms with E-state index in [9.17, 15) is 8.42 Å². The molecule has 0 spiro atoms. The van der Waals surface area contributed by atoms with Gasteiger partial charge in [-0.25, -0.2) is 13.1 Å². The molecule has 0 aliphatic rings. The number of nitrogens with one attached hydrogen (secondary N) is 1. The summed E-state index contributed by atoms with van der Waals surface area (Å²) in [7, 11) is -3.64. The third-order valence-corrected chi connectivity index (χ3v) is 3.85. The minimum absolute atomic E-state index is 0.0316. The van der Waals surface area contributed by atoms with Crippen LogP contribution in [-0.2, 0) is 10.0 Å². The lowest BCUT2D eigenvalue weighted by Crippen LogP contribution is -2.26. The fourth-order valence-electron chi connectivity index (χ4n) is 1.24. The first-order valence-corrected chi connectivity index (χ1v) is 7.40. The molecule has 0 saturated heterocycles. The second kappa shape index (κ2) is 6.94. The molecule has 0 amide bonds. The summed E-state index contributed by atoms with van der Waals surface area (Å²) in [5.41, 5.74) is 0. The van der Waals surface area contributed by atoms with E-state index in [0.717, 1.165) is 6.42 Å². The van der Waals surface area contributed by atoms with Gasteiger partial charge in [0.1, 0.15) is 5.75 Å². The molecule has 1 rings (SSSR count). The van der Waals surface area contributed by atoms with Crippen LogP contribution in [0, 0.1) is 0 Å². The van der Waals surface area contributed by atoms with Crippen molar-refractivity contribution in [2.24, 2.45) is 0 Å². The first kappa shape index (κ1) is 15.2. The summed E-state index contributed by atoms with van der Waals surface area (Å²) >= 11 is 5.91. The van der Waals surface area contributed by atoms with E-state index >= 15 is 0 Å². The van der Waals surface area contributed by atoms with E-state index in [1.807, 2.05) is 6.92 Å². The fourth-order valence-corrected chi connectivity index (χ4v) is 2.44. The Hall–Kier alpha value is -0.820. The Balaban J connectivity index is 2.96. The van der Waals surface area contributed by atoms with Crippen LogP contribution in [0.5, 0.6) is 5.75 Å². The van der Waals surface area contributed by atoms with E-state index in [4.69, 9.17) is 21.4 Å². The zero-order chi connectivity index (χ0) is 13.6. The van der Waals surface area contributed by atoms with Crippen LogP contribution < -0.4 is 9.46 Å². The molecule has 5 nitrogen and oxygen atoms in total. The van der Waals surface area contributed by atoms with E-state index in [-0.39, 0.29) is 18.0 Å². The first-order chi connectivity index (χ1) is 8.51. The Labute approximate surface area is 112 Å². The summed E-state index contributed by atoms with van der Waals surface area (Å²) in [4.78, 5) is 0.0615. The molecule has 102 valence electrons. The van der Waals surface area contributed by atoms with E-state index < -0.39 is 10.0 Å². The summed E-state index contributed by atoms with van der Waals surface area (Å²) in [5, 5.41) is 8.98. The molecule has 0 fully saturated rings. The van der Waals surface area contributed by atoms with Crippen molar-refractivity contribution in [1.29, 1.82) is 0 Å². The van der Waals surface area contributed by atoms with Crippen LogP contribution in [0.3, 0.4) is 0 Å². The Morgan fingerprint density at radius 2 is 2.17 bits per heavy atom. The third kappa shape index (κ3) is 4.13. The average molecular weight is 294 g/mol. The third-order valence-electron chi connectivity index (χ3n) is 2.08. The minimum atomic E-state index is -3.64. The van der Waals surface area contributed by atoms with Gasteiger partial charge in [-0.2, -0.15) is 0 Å². The van der Waals surface area contributed by atoms with Gasteiger partial charge in [0.25, 0.3) is 0 Å². The van der Waals surface area contributed by atoms with Crippen molar-refractivity contribution < 1.29 is 18.3 Å². The number of hydrogen-bond donors (Lipinski definition) is 2. The van der Waals surface area contributed by atoms with Gasteiger partial charge in [-0.15, -0.1) is 0 Å². The van der Waals surface area contributed by atoms with E-state index in [2.05, 4.69) is 4.72 Å². The average Bonchev–Trinajstić information content (AvgIpc) is 2.35. The van der Waals surface area contributed by atoms with Crippen molar-refractivity contribution in [3.63, 3.8) is 0 Å². The lowest BCUT2D eigenvalue weighted by Gasteiger charge is -2.10. The number of benzene rings is 1. The maximum atomic E-state index is 11.8. The van der Waals surface area contributed by atoms with Crippen LogP contribution in [0.15, 0.2) is 23.1 Å². The summed E-state index contributed by atoms with van der Waals surface area (Å²) in [6, 6.07) is 4.23. The van der Waals surface area contributed by atoms with Crippen molar-refractivity contribution in [3.8, 4) is 5.75 Å². The van der Waals surface area contributed by atoms with Gasteiger partial charge in [0.15, 0.2) is 0 Å². The van der Waals surface area contributed by atoms with Crippen molar-refractivity contribution in [1.82, 2.24) is 4.72 Å². The molecule has 1 aromatic rings. The predicted molar refractivity (Wildman–Crippen MR) is 69.5 cm³/mol. The second-order valence-electron chi connectivity index (χ2n) is 3.56. The highest BCUT2D eigenvalue weighted by Gasteiger charge is 2.15. The molecule has 1 aromatic carbocycles. The highest BCUT2D eigenvalue weighted by Crippen LogP contribution is 2.27. The molecular formula is C11H16ClNO4S. The van der Waals surface area contributed by atoms with Crippen molar-refractivity contribution >= 4 is 21.6 Å². The predicted octanol–water partition coefficient (Wildman–Crippen LogP) is 1.40. The number of hydrogen-bond acceptors (Lipinski definition) is 4. The summed E-state index contributed by atoms with van der Waals surface area (Å²) in [6.45, 7) is 2.12. The number of aliphatic hydroxyl groups excluding tert-OH is 1. The minimum Gasteiger partial charge on any atom is -0.492 e. The van der Waals surface area contributed by atoms with Crippen LogP contribution in [0.2, 0.25) is 5.02 Å². The number of halogens is 1. The normalized spacial score (nSPS) is 11.5. The van der Waals surface area contributed by atoms with Crippen LogP contribution >= 0.6 is 11.6 Å². The zero-order valence-corrected chi connectivity index (χ0v) is 11.6. The molecule has 0 aliphatic heterocycles. The van der Waals surface area contributed by atoms with Crippen LogP contribution in [0.1, 0.15) is 13.3 Å². The zero-order valence-electron chi connectivity index (χ0n) is 10.0. The monoisotopic (exact) mass is 293 g/mol. The van der Waals surface area contributed by atoms with E-state index in [0.29, 0.717) is 17.4 Å². The van der Waals surface area contributed by atoms with Crippen LogP contribution in [-0.4, -0.2) is 33.3 Å². The SMILES string of the molecule is CCCOc1cc(S(=O)(=O)NCCO)ccc1Cl. The van der Waals surface area contributed by atoms with Gasteiger partial charge in [-0.3, -0.25) is 0 Å². The van der Waals surface area contributed by atoms with Crippen molar-refractivity contribution in [3.05, 3.63) is 23.2 Å². The molecule has 0 aliphatic carbocycles. The van der Waals surface area contributed by atoms with Gasteiger partial charge in [0.05, 0.1) is 23.1 Å². The molecule has 0 bridgehead atoms. The van der Waals surface area contributed by atoms with E-state index in [1.165, 1.54) is 18.2 Å². The van der Waals surface area contributed by atoms with E-state index in [1.54, 1.807) is 0 Å². The van der Waals surface area contributed by atoms with Crippen molar-refractivity contribution in [2.75, 3.05) is 19.8 Å². The molecule has 0 radical (unpaired) electrons. The summed E-state index contributed by atoms with van der Waals surface area (Å²) in [6.07, 6.45) is 0.802. The molecule has 18 heavy (non-hydrogen) atoms. The lowest BCUT2D eigenvalue weighted by molar-refractivity contribution is 0.301. The highest BCUT2D eigenvalue weighted by molar-refractivity contribution is 7.89. The van der Waals surface area contributed by atoms with Gasteiger partial charge < -0.3 is 9.84 Å². The molecule has 2 N–H and O–H groups in total. The Bertz CT molecular complexity index is 490. The second-order valence-corrected chi connectivity index (χ2v) is 5.74. The number of rotatable bonds is 7. The molecule has 0 unspecified atom stereocenters. The van der Waals surface area contributed by atoms with Crippen molar-refractivity contribution in [2.45, 2.75) is 18.2 Å². The molecule has 0 saturated carbocycles. The highest BCUT2D eigenvalue weighted by atomic mass is 35.5. The van der Waals surface area contributed by atoms with Gasteiger partial charge in [0, 0.05) is 12.6 Å². The molecule has 0 atom stereocenters. The van der Waals surface area contributed by atoms with Gasteiger partial charge in [0.2, 0.25) is 10.0 Å². The van der Waals surface area contributed by atoms with Crippen LogP contribution in [0.4, 0.5) is 0 Å². The maximum absolute atomic E-state index is 11.8. The van der Waals surface area contributed by atoms with Gasteiger partial charge in [-0.1, -0.05) is 18.5 Å². The molecule has 0 heterocycles. The molecule has 0 aromatic heterocycles. The molecular weight excluding hydrogens is 278 g/mol. The number of aliphatic hydroxyl groups is 1. The largest absolute Gasteiger partial charge is 0.492 e. The number of ether oxygens (including phenoxy) is 1. The van der Waals surface area contributed by atoms with Gasteiger partial charge >= 0.3 is 0 Å². The molecule has 7 heteroatoms. The fraction of sp³-hybridized carbons (Fsp3) is 0.455. The number of sulfonamides is 1. The quantitative estimate of drug-likeness (QED) is 0.797. The lowest BCUT2D eigenvalue weighted by atomic mass is 10.3. The Kier molecular flexibility index (Phi) is 5.87.